The highest BCUT2D eigenvalue weighted by Gasteiger charge is 2.36. The number of hydrogen-bond donors (Lipinski definition) is 1. The number of phenolic OH excluding ortho intramolecular Hbond substituents is 1. The van der Waals surface area contributed by atoms with Gasteiger partial charge in [-0.25, -0.2) is 4.98 Å². The van der Waals surface area contributed by atoms with Crippen LogP contribution < -0.4 is 5.01 Å². The molecule has 1 aliphatic rings. The maximum atomic E-state index is 12.8. The Morgan fingerprint density at radius 3 is 2.75 bits per heavy atom. The van der Waals surface area contributed by atoms with Crippen molar-refractivity contribution in [3.8, 4) is 17.0 Å². The Bertz CT molecular complexity index is 1090. The molecular weight excluding hydrogens is 442 g/mol. The standard InChI is InChI=1S/C19H14BrN5O2S/c1-11-17(23-22-14-3-2-4-15(26)9-14)18(27)25(24-11)19-21-16(10-28-19)12-5-7-13(20)8-6-12/h2-10,17,26H,1H3/t17-/m1/s1. The van der Waals surface area contributed by atoms with E-state index >= 15 is 0 Å². The molecule has 0 saturated heterocycles. The zero-order valence-corrected chi connectivity index (χ0v) is 17.1. The van der Waals surface area contributed by atoms with Crippen LogP contribution in [0.5, 0.6) is 5.75 Å². The summed E-state index contributed by atoms with van der Waals surface area (Å²) in [6.45, 7) is 1.73. The largest absolute Gasteiger partial charge is 0.508 e. The first-order valence-electron chi connectivity index (χ1n) is 8.32. The van der Waals surface area contributed by atoms with E-state index in [0.717, 1.165) is 15.7 Å². The van der Waals surface area contributed by atoms with E-state index in [0.29, 0.717) is 16.5 Å². The fourth-order valence-electron chi connectivity index (χ4n) is 2.62. The Morgan fingerprint density at radius 2 is 2.00 bits per heavy atom. The number of benzene rings is 2. The highest BCUT2D eigenvalue weighted by molar-refractivity contribution is 9.10. The van der Waals surface area contributed by atoms with Crippen LogP contribution >= 0.6 is 27.3 Å². The Balaban J connectivity index is 1.54. The summed E-state index contributed by atoms with van der Waals surface area (Å²) in [5, 5.41) is 25.6. The summed E-state index contributed by atoms with van der Waals surface area (Å²) < 4.78 is 0.988. The maximum absolute atomic E-state index is 12.8. The molecule has 0 spiro atoms. The zero-order valence-electron chi connectivity index (χ0n) is 14.7. The highest BCUT2D eigenvalue weighted by Crippen LogP contribution is 2.31. The molecule has 140 valence electrons. The minimum atomic E-state index is -0.803. The second kappa shape index (κ2) is 7.61. The third kappa shape index (κ3) is 3.71. The molecule has 28 heavy (non-hydrogen) atoms. The molecule has 4 rings (SSSR count). The Labute approximate surface area is 173 Å². The fourth-order valence-corrected chi connectivity index (χ4v) is 3.67. The zero-order chi connectivity index (χ0) is 19.7. The van der Waals surface area contributed by atoms with Gasteiger partial charge in [-0.15, -0.1) is 11.3 Å². The molecule has 7 nitrogen and oxygen atoms in total. The van der Waals surface area contributed by atoms with Crippen LogP contribution in [-0.4, -0.2) is 27.8 Å². The lowest BCUT2D eigenvalue weighted by molar-refractivity contribution is -0.117. The van der Waals surface area contributed by atoms with Crippen LogP contribution in [0, 0.1) is 0 Å². The van der Waals surface area contributed by atoms with E-state index < -0.39 is 6.04 Å². The van der Waals surface area contributed by atoms with Gasteiger partial charge in [-0.2, -0.15) is 20.3 Å². The van der Waals surface area contributed by atoms with Gasteiger partial charge < -0.3 is 5.11 Å². The van der Waals surface area contributed by atoms with Gasteiger partial charge in [0.2, 0.25) is 5.13 Å². The molecule has 1 aliphatic heterocycles. The van der Waals surface area contributed by atoms with Crippen molar-refractivity contribution in [2.75, 3.05) is 5.01 Å². The van der Waals surface area contributed by atoms with E-state index in [2.05, 4.69) is 36.2 Å². The molecular formula is C19H14BrN5O2S. The van der Waals surface area contributed by atoms with Crippen molar-refractivity contribution in [1.82, 2.24) is 4.98 Å². The number of phenols is 1. The number of rotatable bonds is 4. The van der Waals surface area contributed by atoms with Crippen molar-refractivity contribution in [3.63, 3.8) is 0 Å². The second-order valence-electron chi connectivity index (χ2n) is 6.05. The quantitative estimate of drug-likeness (QED) is 0.551. The number of nitrogens with zero attached hydrogens (tertiary/aromatic N) is 5. The van der Waals surface area contributed by atoms with Gasteiger partial charge in [0.25, 0.3) is 5.91 Å². The smallest absolute Gasteiger partial charge is 0.282 e. The SMILES string of the molecule is CC1=NN(c2nc(-c3ccc(Br)cc3)cs2)C(=O)[C@@H]1N=Nc1cccc(O)c1. The number of hydrogen-bond acceptors (Lipinski definition) is 7. The number of carbonyl (C=O) groups excluding carboxylic acids is 1. The molecule has 2 aromatic carbocycles. The van der Waals surface area contributed by atoms with E-state index in [9.17, 15) is 9.90 Å². The van der Waals surface area contributed by atoms with E-state index in [1.54, 1.807) is 25.1 Å². The number of amides is 1. The summed E-state index contributed by atoms with van der Waals surface area (Å²) in [6, 6.07) is 13.3. The summed E-state index contributed by atoms with van der Waals surface area (Å²) in [4.78, 5) is 17.3. The van der Waals surface area contributed by atoms with Crippen molar-refractivity contribution in [2.45, 2.75) is 13.0 Å². The van der Waals surface area contributed by atoms with Crippen molar-refractivity contribution in [3.05, 3.63) is 58.4 Å². The van der Waals surface area contributed by atoms with Crippen LogP contribution in [0.2, 0.25) is 0 Å². The molecule has 1 aromatic heterocycles. The van der Waals surface area contributed by atoms with Gasteiger partial charge in [-0.05, 0) is 31.2 Å². The lowest BCUT2D eigenvalue weighted by Gasteiger charge is -2.08. The molecule has 0 saturated carbocycles. The van der Waals surface area contributed by atoms with Gasteiger partial charge in [0.15, 0.2) is 6.04 Å². The molecule has 2 heterocycles. The number of hydrazone groups is 1. The van der Waals surface area contributed by atoms with Gasteiger partial charge >= 0.3 is 0 Å². The van der Waals surface area contributed by atoms with Crippen LogP contribution in [0.25, 0.3) is 11.3 Å². The number of carbonyl (C=O) groups is 1. The second-order valence-corrected chi connectivity index (χ2v) is 7.80. The topological polar surface area (TPSA) is 90.5 Å². The number of anilines is 1. The molecule has 0 unspecified atom stereocenters. The third-order valence-corrected chi connectivity index (χ3v) is 5.37. The normalized spacial score (nSPS) is 16.8. The number of azo groups is 1. The number of aromatic hydroxyl groups is 1. The number of aromatic nitrogens is 1. The molecule has 0 bridgehead atoms. The van der Waals surface area contributed by atoms with Gasteiger partial charge in [-0.1, -0.05) is 34.1 Å². The van der Waals surface area contributed by atoms with Gasteiger partial charge in [0, 0.05) is 21.5 Å². The monoisotopic (exact) mass is 455 g/mol. The summed E-state index contributed by atoms with van der Waals surface area (Å²) in [5.74, 6) is -0.220. The molecule has 1 N–H and O–H groups in total. The van der Waals surface area contributed by atoms with Gasteiger partial charge in [0.1, 0.15) is 5.75 Å². The summed E-state index contributed by atoms with van der Waals surface area (Å²) >= 11 is 4.75. The first-order chi connectivity index (χ1) is 13.5. The van der Waals surface area contributed by atoms with Gasteiger partial charge in [-0.3, -0.25) is 4.79 Å². The van der Waals surface area contributed by atoms with Crippen molar-refractivity contribution in [2.24, 2.45) is 15.3 Å². The van der Waals surface area contributed by atoms with E-state index in [-0.39, 0.29) is 11.7 Å². The molecule has 0 fully saturated rings. The first kappa shape index (κ1) is 18.5. The Hall–Kier alpha value is -2.91. The van der Waals surface area contributed by atoms with Crippen LogP contribution in [0.1, 0.15) is 6.92 Å². The van der Waals surface area contributed by atoms with E-state index in [1.807, 2.05) is 29.6 Å². The average molecular weight is 456 g/mol. The van der Waals surface area contributed by atoms with Crippen molar-refractivity contribution >= 4 is 49.7 Å². The summed E-state index contributed by atoms with van der Waals surface area (Å²) in [5.41, 5.74) is 2.73. The number of thiazole rings is 1. The molecule has 0 aliphatic carbocycles. The maximum Gasteiger partial charge on any atom is 0.282 e. The first-order valence-corrected chi connectivity index (χ1v) is 9.99. The van der Waals surface area contributed by atoms with E-state index in [4.69, 9.17) is 0 Å². The predicted octanol–water partition coefficient (Wildman–Crippen LogP) is 5.15. The minimum Gasteiger partial charge on any atom is -0.508 e. The minimum absolute atomic E-state index is 0.0875. The molecule has 1 atom stereocenters. The lowest BCUT2D eigenvalue weighted by atomic mass is 10.2. The van der Waals surface area contributed by atoms with Crippen LogP contribution in [0.4, 0.5) is 10.8 Å². The number of halogens is 1. The summed E-state index contributed by atoms with van der Waals surface area (Å²) in [6.07, 6.45) is 0. The Morgan fingerprint density at radius 1 is 1.21 bits per heavy atom. The molecule has 0 radical (unpaired) electrons. The highest BCUT2D eigenvalue weighted by atomic mass is 79.9. The molecule has 1 amide bonds. The lowest BCUT2D eigenvalue weighted by Crippen LogP contribution is -2.29. The average Bonchev–Trinajstić information content (AvgIpc) is 3.26. The third-order valence-electron chi connectivity index (χ3n) is 4.03. The predicted molar refractivity (Wildman–Crippen MR) is 112 cm³/mol. The van der Waals surface area contributed by atoms with E-state index in [1.165, 1.54) is 22.4 Å². The van der Waals surface area contributed by atoms with Crippen LogP contribution in [-0.2, 0) is 4.79 Å². The van der Waals surface area contributed by atoms with Gasteiger partial charge in [0.05, 0.1) is 17.1 Å². The van der Waals surface area contributed by atoms with Crippen molar-refractivity contribution < 1.29 is 9.90 Å². The van der Waals surface area contributed by atoms with Crippen molar-refractivity contribution in [1.29, 1.82) is 0 Å². The van der Waals surface area contributed by atoms with Crippen LogP contribution in [0.3, 0.4) is 0 Å². The fraction of sp³-hybridized carbons (Fsp3) is 0.105. The molecule has 3 aromatic rings. The Kier molecular flexibility index (Phi) is 5.01. The molecule has 9 heteroatoms. The van der Waals surface area contributed by atoms with Crippen LogP contribution in [0.15, 0.2) is 73.7 Å². The summed E-state index contributed by atoms with van der Waals surface area (Å²) in [7, 11) is 0.